The second-order valence-corrected chi connectivity index (χ2v) is 5.15. The first-order valence-electron chi connectivity index (χ1n) is 6.44. The van der Waals surface area contributed by atoms with Crippen molar-refractivity contribution in [2.24, 2.45) is 5.73 Å². The van der Waals surface area contributed by atoms with Crippen molar-refractivity contribution in [2.45, 2.75) is 19.8 Å². The van der Waals surface area contributed by atoms with E-state index in [2.05, 4.69) is 35.7 Å². The Hall–Kier alpha value is -1.67. The minimum Gasteiger partial charge on any atom is -0.401 e. The van der Waals surface area contributed by atoms with E-state index in [4.69, 9.17) is 17.3 Å². The Kier molecular flexibility index (Phi) is 4.33. The molecule has 0 aliphatic carbocycles. The van der Waals surface area contributed by atoms with Gasteiger partial charge in [0.05, 0.1) is 5.03 Å². The number of rotatable bonds is 3. The Balaban J connectivity index is 2.20. The molecule has 0 saturated heterocycles. The Morgan fingerprint density at radius 2 is 2.11 bits per heavy atom. The third kappa shape index (κ3) is 3.21. The lowest BCUT2D eigenvalue weighted by Crippen LogP contribution is -2.27. The molecule has 1 aliphatic heterocycles. The summed E-state index contributed by atoms with van der Waals surface area (Å²) in [5.41, 5.74) is 9.80. The number of benzene rings is 1. The molecule has 1 heterocycles. The van der Waals surface area contributed by atoms with E-state index in [0.29, 0.717) is 10.7 Å². The summed E-state index contributed by atoms with van der Waals surface area (Å²) in [4.78, 5) is 2.23. The Labute approximate surface area is 119 Å². The summed E-state index contributed by atoms with van der Waals surface area (Å²) in [6.07, 6.45) is 5.99. The second kappa shape index (κ2) is 5.98. The number of anilines is 1. The molecule has 0 saturated carbocycles. The molecule has 2 rings (SSSR count). The third-order valence-corrected chi connectivity index (χ3v) is 3.68. The summed E-state index contributed by atoms with van der Waals surface area (Å²) in [5.74, 6) is 0. The molecule has 1 aromatic carbocycles. The number of halogens is 1. The number of fused-ring (bicyclic) bond motifs is 1. The maximum absolute atomic E-state index is 6.01. The highest BCUT2D eigenvalue weighted by Crippen LogP contribution is 2.29. The highest BCUT2D eigenvalue weighted by molar-refractivity contribution is 6.31. The van der Waals surface area contributed by atoms with Gasteiger partial charge in [-0.05, 0) is 43.5 Å². The van der Waals surface area contributed by atoms with Crippen LogP contribution >= 0.6 is 11.6 Å². The van der Waals surface area contributed by atoms with Crippen LogP contribution in [-0.2, 0) is 6.42 Å². The van der Waals surface area contributed by atoms with Gasteiger partial charge in [0.2, 0.25) is 0 Å². The standard InChI is InChI=1S/C16H19ClN2/c1-12(9-10-15(17)13(2)18)19-11-5-7-14-6-3-4-8-16(14)19/h3-4,6,8-10H,1,5,7,11,18H2,2H3/b10-9-,15-13-. The van der Waals surface area contributed by atoms with Crippen LogP contribution in [0.4, 0.5) is 5.69 Å². The molecule has 100 valence electrons. The molecule has 0 radical (unpaired) electrons. The van der Waals surface area contributed by atoms with Gasteiger partial charge in [-0.1, -0.05) is 36.4 Å². The number of para-hydroxylation sites is 1. The number of aryl methyl sites for hydroxylation is 1. The van der Waals surface area contributed by atoms with E-state index in [1.807, 2.05) is 6.08 Å². The predicted octanol–water partition coefficient (Wildman–Crippen LogP) is 3.94. The summed E-state index contributed by atoms with van der Waals surface area (Å²) < 4.78 is 0. The minimum atomic E-state index is 0.562. The molecule has 0 bridgehead atoms. The molecule has 2 nitrogen and oxygen atoms in total. The highest BCUT2D eigenvalue weighted by atomic mass is 35.5. The van der Waals surface area contributed by atoms with Crippen molar-refractivity contribution in [3.63, 3.8) is 0 Å². The van der Waals surface area contributed by atoms with E-state index >= 15 is 0 Å². The first-order valence-corrected chi connectivity index (χ1v) is 6.81. The van der Waals surface area contributed by atoms with Crippen LogP contribution in [0.5, 0.6) is 0 Å². The molecule has 0 aromatic heterocycles. The van der Waals surface area contributed by atoms with Crippen molar-refractivity contribution in [3.05, 3.63) is 65.0 Å². The Morgan fingerprint density at radius 1 is 1.37 bits per heavy atom. The maximum atomic E-state index is 6.01. The first kappa shape index (κ1) is 13.8. The Morgan fingerprint density at radius 3 is 2.84 bits per heavy atom. The zero-order valence-electron chi connectivity index (χ0n) is 11.2. The molecule has 19 heavy (non-hydrogen) atoms. The molecule has 1 aliphatic rings. The van der Waals surface area contributed by atoms with Crippen molar-refractivity contribution in [1.29, 1.82) is 0 Å². The van der Waals surface area contributed by atoms with Gasteiger partial charge in [0.15, 0.2) is 0 Å². The maximum Gasteiger partial charge on any atom is 0.0591 e. The first-order chi connectivity index (χ1) is 9.09. The number of hydrogen-bond donors (Lipinski definition) is 1. The molecule has 0 atom stereocenters. The van der Waals surface area contributed by atoms with Crippen LogP contribution in [-0.4, -0.2) is 6.54 Å². The quantitative estimate of drug-likeness (QED) is 0.846. The summed E-state index contributed by atoms with van der Waals surface area (Å²) in [6.45, 7) is 6.90. The van der Waals surface area contributed by atoms with Gasteiger partial charge in [-0.15, -0.1) is 0 Å². The van der Waals surface area contributed by atoms with Crippen LogP contribution < -0.4 is 10.6 Å². The molecule has 1 aromatic rings. The molecular weight excluding hydrogens is 256 g/mol. The van der Waals surface area contributed by atoms with Crippen molar-refractivity contribution in [2.75, 3.05) is 11.4 Å². The molecule has 0 amide bonds. The van der Waals surface area contributed by atoms with Gasteiger partial charge < -0.3 is 10.6 Å². The van der Waals surface area contributed by atoms with Crippen LogP contribution in [0.25, 0.3) is 0 Å². The largest absolute Gasteiger partial charge is 0.401 e. The topological polar surface area (TPSA) is 29.3 Å². The van der Waals surface area contributed by atoms with Crippen molar-refractivity contribution in [3.8, 4) is 0 Å². The van der Waals surface area contributed by atoms with Gasteiger partial charge in [-0.3, -0.25) is 0 Å². The van der Waals surface area contributed by atoms with E-state index < -0.39 is 0 Å². The Bertz CT molecular complexity index is 539. The predicted molar refractivity (Wildman–Crippen MR) is 83.1 cm³/mol. The van der Waals surface area contributed by atoms with Crippen molar-refractivity contribution < 1.29 is 0 Å². The fourth-order valence-corrected chi connectivity index (χ4v) is 2.29. The van der Waals surface area contributed by atoms with E-state index in [0.717, 1.165) is 25.1 Å². The minimum absolute atomic E-state index is 0.562. The van der Waals surface area contributed by atoms with Gasteiger partial charge >= 0.3 is 0 Å². The van der Waals surface area contributed by atoms with Crippen LogP contribution in [0.3, 0.4) is 0 Å². The van der Waals surface area contributed by atoms with Crippen LogP contribution in [0.15, 0.2) is 59.4 Å². The average Bonchev–Trinajstić information content (AvgIpc) is 2.43. The highest BCUT2D eigenvalue weighted by Gasteiger charge is 2.16. The molecule has 0 spiro atoms. The van der Waals surface area contributed by atoms with Crippen molar-refractivity contribution >= 4 is 17.3 Å². The van der Waals surface area contributed by atoms with Crippen molar-refractivity contribution in [1.82, 2.24) is 0 Å². The molecule has 0 fully saturated rings. The van der Waals surface area contributed by atoms with Gasteiger partial charge in [-0.25, -0.2) is 0 Å². The van der Waals surface area contributed by atoms with Crippen LogP contribution in [0, 0.1) is 0 Å². The lowest BCUT2D eigenvalue weighted by Gasteiger charge is -2.31. The SMILES string of the molecule is C=C(/C=C\C(Cl)=C(/C)N)N1CCCc2ccccc21. The summed E-state index contributed by atoms with van der Waals surface area (Å²) in [5, 5.41) is 0.562. The lowest BCUT2D eigenvalue weighted by molar-refractivity contribution is 0.752. The van der Waals surface area contributed by atoms with Crippen LogP contribution in [0.1, 0.15) is 18.9 Å². The number of nitrogens with zero attached hydrogens (tertiary/aromatic N) is 1. The van der Waals surface area contributed by atoms with E-state index in [-0.39, 0.29) is 0 Å². The fourth-order valence-electron chi connectivity index (χ4n) is 2.22. The number of hydrogen-bond acceptors (Lipinski definition) is 2. The average molecular weight is 275 g/mol. The van der Waals surface area contributed by atoms with Crippen LogP contribution in [0.2, 0.25) is 0 Å². The van der Waals surface area contributed by atoms with Gasteiger partial charge in [-0.2, -0.15) is 0 Å². The summed E-state index contributed by atoms with van der Waals surface area (Å²) in [7, 11) is 0. The van der Waals surface area contributed by atoms with E-state index in [1.54, 1.807) is 13.0 Å². The summed E-state index contributed by atoms with van der Waals surface area (Å²) >= 11 is 6.01. The third-order valence-electron chi connectivity index (χ3n) is 3.26. The normalized spacial score (nSPS) is 16.2. The zero-order chi connectivity index (χ0) is 13.8. The smallest absolute Gasteiger partial charge is 0.0591 e. The molecular formula is C16H19ClN2. The lowest BCUT2D eigenvalue weighted by atomic mass is 10.0. The van der Waals surface area contributed by atoms with E-state index in [9.17, 15) is 0 Å². The van der Waals surface area contributed by atoms with Gasteiger partial charge in [0, 0.05) is 23.6 Å². The van der Waals surface area contributed by atoms with E-state index in [1.165, 1.54) is 11.3 Å². The fraction of sp³-hybridized carbons (Fsp3) is 0.250. The zero-order valence-corrected chi connectivity index (χ0v) is 12.0. The van der Waals surface area contributed by atoms with Gasteiger partial charge in [0.1, 0.15) is 0 Å². The molecule has 2 N–H and O–H groups in total. The van der Waals surface area contributed by atoms with Gasteiger partial charge in [0.25, 0.3) is 0 Å². The number of allylic oxidation sites excluding steroid dienone is 4. The second-order valence-electron chi connectivity index (χ2n) is 4.74. The monoisotopic (exact) mass is 274 g/mol. The summed E-state index contributed by atoms with van der Waals surface area (Å²) in [6, 6.07) is 8.46. The molecule has 3 heteroatoms. The number of nitrogens with two attached hydrogens (primary N) is 1. The molecule has 0 unspecified atom stereocenters.